The molecular formula is C16H24ClN3O2. The van der Waals surface area contributed by atoms with Crippen LogP contribution in [0.1, 0.15) is 38.7 Å². The Labute approximate surface area is 137 Å². The molecule has 122 valence electrons. The summed E-state index contributed by atoms with van der Waals surface area (Å²) in [4.78, 5) is 25.6. The maximum Gasteiger partial charge on any atom is 0.227 e. The van der Waals surface area contributed by atoms with Crippen molar-refractivity contribution in [3.63, 3.8) is 0 Å². The van der Waals surface area contributed by atoms with Crippen molar-refractivity contribution in [2.24, 2.45) is 5.73 Å². The normalized spacial score (nSPS) is 14.9. The molecule has 5 nitrogen and oxygen atoms in total. The zero-order valence-electron chi connectivity index (χ0n) is 13.1. The van der Waals surface area contributed by atoms with Crippen LogP contribution < -0.4 is 16.0 Å². The summed E-state index contributed by atoms with van der Waals surface area (Å²) in [6.45, 7) is 4.60. The first-order chi connectivity index (χ1) is 10.0. The molecule has 0 aliphatic carbocycles. The van der Waals surface area contributed by atoms with Gasteiger partial charge in [-0.3, -0.25) is 9.59 Å². The lowest BCUT2D eigenvalue weighted by Gasteiger charge is -2.29. The van der Waals surface area contributed by atoms with Crippen LogP contribution in [0.3, 0.4) is 0 Å². The Morgan fingerprint density at radius 1 is 1.41 bits per heavy atom. The molecule has 1 atom stereocenters. The Hall–Kier alpha value is -1.59. The van der Waals surface area contributed by atoms with Gasteiger partial charge in [0.15, 0.2) is 0 Å². The number of nitrogens with zero attached hydrogens (tertiary/aromatic N) is 1. The number of benzene rings is 1. The number of carbonyl (C=O) groups excluding carboxylic acids is 2. The highest BCUT2D eigenvalue weighted by Gasteiger charge is 2.23. The molecule has 0 spiro atoms. The van der Waals surface area contributed by atoms with E-state index in [2.05, 4.69) is 12.2 Å². The topological polar surface area (TPSA) is 75.4 Å². The molecule has 1 aliphatic heterocycles. The van der Waals surface area contributed by atoms with E-state index in [1.807, 2.05) is 23.1 Å². The van der Waals surface area contributed by atoms with Gasteiger partial charge in [0.2, 0.25) is 11.8 Å². The molecular weight excluding hydrogens is 302 g/mol. The largest absolute Gasteiger partial charge is 0.327 e. The fourth-order valence-corrected chi connectivity index (χ4v) is 2.61. The summed E-state index contributed by atoms with van der Waals surface area (Å²) in [5, 5.41) is 2.86. The Balaban J connectivity index is 0.00000242. The Morgan fingerprint density at radius 3 is 2.77 bits per heavy atom. The number of amides is 2. The molecule has 1 aromatic rings. The quantitative estimate of drug-likeness (QED) is 0.873. The van der Waals surface area contributed by atoms with Gasteiger partial charge in [0.05, 0.1) is 0 Å². The lowest BCUT2D eigenvalue weighted by atomic mass is 10.00. The van der Waals surface area contributed by atoms with Crippen molar-refractivity contribution in [2.75, 3.05) is 16.8 Å². The molecule has 1 unspecified atom stereocenters. The predicted octanol–water partition coefficient (Wildman–Crippen LogP) is 2.47. The number of fused-ring (bicyclic) bond motifs is 1. The van der Waals surface area contributed by atoms with Gasteiger partial charge in [-0.15, -0.1) is 12.4 Å². The van der Waals surface area contributed by atoms with Crippen LogP contribution in [0.5, 0.6) is 0 Å². The van der Waals surface area contributed by atoms with Crippen LogP contribution in [0.25, 0.3) is 0 Å². The molecule has 2 amide bonds. The van der Waals surface area contributed by atoms with Gasteiger partial charge >= 0.3 is 0 Å². The molecule has 3 N–H and O–H groups in total. The fraction of sp³-hybridized carbons (Fsp3) is 0.500. The van der Waals surface area contributed by atoms with Crippen LogP contribution in [0.2, 0.25) is 0 Å². The number of hydrogen-bond donors (Lipinski definition) is 2. The summed E-state index contributed by atoms with van der Waals surface area (Å²) in [7, 11) is 0. The highest BCUT2D eigenvalue weighted by atomic mass is 35.5. The second kappa shape index (κ2) is 8.15. The number of nitrogens with two attached hydrogens (primary N) is 1. The average Bonchev–Trinajstić information content (AvgIpc) is 2.41. The van der Waals surface area contributed by atoms with Gasteiger partial charge in [0, 0.05) is 36.8 Å². The van der Waals surface area contributed by atoms with E-state index in [0.717, 1.165) is 36.3 Å². The molecule has 0 saturated carbocycles. The summed E-state index contributed by atoms with van der Waals surface area (Å²) < 4.78 is 0. The van der Waals surface area contributed by atoms with E-state index < -0.39 is 0 Å². The number of halogens is 1. The van der Waals surface area contributed by atoms with E-state index in [1.165, 1.54) is 0 Å². The third kappa shape index (κ3) is 4.45. The minimum atomic E-state index is -0.153. The summed E-state index contributed by atoms with van der Waals surface area (Å²) in [6.07, 6.45) is 2.49. The monoisotopic (exact) mass is 325 g/mol. The van der Waals surface area contributed by atoms with Gasteiger partial charge in [-0.05, 0) is 43.5 Å². The van der Waals surface area contributed by atoms with Crippen molar-refractivity contribution >= 4 is 35.6 Å². The van der Waals surface area contributed by atoms with Crippen molar-refractivity contribution in [1.82, 2.24) is 0 Å². The third-order valence-electron chi connectivity index (χ3n) is 3.52. The first-order valence-corrected chi connectivity index (χ1v) is 7.50. The number of rotatable bonds is 5. The van der Waals surface area contributed by atoms with Crippen LogP contribution in [0, 0.1) is 0 Å². The molecule has 0 fully saturated rings. The summed E-state index contributed by atoms with van der Waals surface area (Å²) in [5.41, 5.74) is 8.47. The lowest BCUT2D eigenvalue weighted by molar-refractivity contribution is -0.119. The minimum absolute atomic E-state index is 0. The first-order valence-electron chi connectivity index (χ1n) is 7.50. The lowest BCUT2D eigenvalue weighted by Crippen LogP contribution is -2.35. The Morgan fingerprint density at radius 2 is 2.14 bits per heavy atom. The van der Waals surface area contributed by atoms with Gasteiger partial charge in [-0.1, -0.05) is 6.92 Å². The standard InChI is InChI=1S/C16H23N3O2.ClH/c1-3-8-19-14-6-5-13(18-15(20)9-11(2)17)10-12(14)4-7-16(19)21;/h5-6,10-11H,3-4,7-9,17H2,1-2H3,(H,18,20);1H. The Kier molecular flexibility index (Phi) is 6.84. The minimum Gasteiger partial charge on any atom is -0.327 e. The van der Waals surface area contributed by atoms with E-state index in [0.29, 0.717) is 12.8 Å². The molecule has 0 bridgehead atoms. The Bertz CT molecular complexity index is 546. The van der Waals surface area contributed by atoms with E-state index in [-0.39, 0.29) is 30.3 Å². The molecule has 0 radical (unpaired) electrons. The molecule has 1 heterocycles. The summed E-state index contributed by atoms with van der Waals surface area (Å²) >= 11 is 0. The first kappa shape index (κ1) is 18.5. The van der Waals surface area contributed by atoms with Crippen LogP contribution >= 0.6 is 12.4 Å². The summed E-state index contributed by atoms with van der Waals surface area (Å²) in [6, 6.07) is 5.58. The zero-order chi connectivity index (χ0) is 15.4. The predicted molar refractivity (Wildman–Crippen MR) is 91.6 cm³/mol. The van der Waals surface area contributed by atoms with Crippen molar-refractivity contribution < 1.29 is 9.59 Å². The van der Waals surface area contributed by atoms with Crippen LogP contribution in [0.4, 0.5) is 11.4 Å². The van der Waals surface area contributed by atoms with Gasteiger partial charge in [0.1, 0.15) is 0 Å². The third-order valence-corrected chi connectivity index (χ3v) is 3.52. The second-order valence-corrected chi connectivity index (χ2v) is 5.62. The number of aryl methyl sites for hydroxylation is 1. The van der Waals surface area contributed by atoms with Crippen molar-refractivity contribution in [3.05, 3.63) is 23.8 Å². The molecule has 0 saturated heterocycles. The highest BCUT2D eigenvalue weighted by molar-refractivity contribution is 5.97. The van der Waals surface area contributed by atoms with Gasteiger partial charge in [-0.2, -0.15) is 0 Å². The number of anilines is 2. The van der Waals surface area contributed by atoms with Crippen molar-refractivity contribution in [3.8, 4) is 0 Å². The van der Waals surface area contributed by atoms with Crippen molar-refractivity contribution in [1.29, 1.82) is 0 Å². The second-order valence-electron chi connectivity index (χ2n) is 5.62. The van der Waals surface area contributed by atoms with E-state index >= 15 is 0 Å². The van der Waals surface area contributed by atoms with E-state index in [4.69, 9.17) is 5.73 Å². The van der Waals surface area contributed by atoms with Gasteiger partial charge in [0.25, 0.3) is 0 Å². The molecule has 1 aromatic carbocycles. The highest BCUT2D eigenvalue weighted by Crippen LogP contribution is 2.30. The fourth-order valence-electron chi connectivity index (χ4n) is 2.61. The van der Waals surface area contributed by atoms with Crippen molar-refractivity contribution in [2.45, 2.75) is 45.6 Å². The average molecular weight is 326 g/mol. The smallest absolute Gasteiger partial charge is 0.227 e. The molecule has 0 aromatic heterocycles. The van der Waals surface area contributed by atoms with Crippen LogP contribution in [-0.2, 0) is 16.0 Å². The number of hydrogen-bond acceptors (Lipinski definition) is 3. The molecule has 22 heavy (non-hydrogen) atoms. The molecule has 2 rings (SSSR count). The van der Waals surface area contributed by atoms with Gasteiger partial charge < -0.3 is 16.0 Å². The summed E-state index contributed by atoms with van der Waals surface area (Å²) in [5.74, 6) is 0.0975. The maximum absolute atomic E-state index is 12.0. The van der Waals surface area contributed by atoms with Crippen LogP contribution in [-0.4, -0.2) is 24.4 Å². The number of nitrogens with one attached hydrogen (secondary N) is 1. The number of carbonyl (C=O) groups is 2. The maximum atomic E-state index is 12.0. The SMILES string of the molecule is CCCN1C(=O)CCc2cc(NC(=O)CC(C)N)ccc21.Cl. The van der Waals surface area contributed by atoms with E-state index in [1.54, 1.807) is 6.92 Å². The van der Waals surface area contributed by atoms with Gasteiger partial charge in [-0.25, -0.2) is 0 Å². The zero-order valence-corrected chi connectivity index (χ0v) is 13.9. The molecule has 6 heteroatoms. The van der Waals surface area contributed by atoms with E-state index in [9.17, 15) is 9.59 Å². The molecule has 1 aliphatic rings. The van der Waals surface area contributed by atoms with Crippen LogP contribution in [0.15, 0.2) is 18.2 Å².